The number of hydrogen-bond donors (Lipinski definition) is 0. The normalized spacial score (nSPS) is 25.3. The van der Waals surface area contributed by atoms with Gasteiger partial charge in [0.25, 0.3) is 0 Å². The van der Waals surface area contributed by atoms with E-state index in [-0.39, 0.29) is 6.04 Å². The first kappa shape index (κ1) is 19.9. The molecule has 3 fully saturated rings. The molecule has 0 aliphatic carbocycles. The van der Waals surface area contributed by atoms with E-state index in [1.165, 1.54) is 17.7 Å². The van der Waals surface area contributed by atoms with Gasteiger partial charge in [-0.25, -0.2) is 0 Å². The molecular weight excluding hydrogens is 350 g/mol. The van der Waals surface area contributed by atoms with E-state index >= 15 is 0 Å². The predicted molar refractivity (Wildman–Crippen MR) is 111 cm³/mol. The van der Waals surface area contributed by atoms with Gasteiger partial charge >= 0.3 is 0 Å². The molecule has 0 spiro atoms. The molecular formula is C23H35N3O2. The van der Waals surface area contributed by atoms with E-state index in [0.717, 1.165) is 84.1 Å². The van der Waals surface area contributed by atoms with E-state index in [2.05, 4.69) is 45.9 Å². The number of rotatable bonds is 5. The van der Waals surface area contributed by atoms with Crippen molar-refractivity contribution < 1.29 is 9.53 Å². The Bertz CT molecular complexity index is 651. The summed E-state index contributed by atoms with van der Waals surface area (Å²) in [7, 11) is 0. The number of carbonyl (C=O) groups is 1. The van der Waals surface area contributed by atoms with Gasteiger partial charge in [-0.05, 0) is 50.6 Å². The van der Waals surface area contributed by atoms with Crippen molar-refractivity contribution in [3.8, 4) is 0 Å². The Morgan fingerprint density at radius 2 is 1.86 bits per heavy atom. The second kappa shape index (κ2) is 9.38. The van der Waals surface area contributed by atoms with Crippen molar-refractivity contribution in [1.29, 1.82) is 0 Å². The van der Waals surface area contributed by atoms with Gasteiger partial charge in [-0.15, -0.1) is 0 Å². The van der Waals surface area contributed by atoms with E-state index in [0.29, 0.717) is 5.91 Å². The summed E-state index contributed by atoms with van der Waals surface area (Å²) in [5.41, 5.74) is 2.62. The van der Waals surface area contributed by atoms with Gasteiger partial charge < -0.3 is 9.64 Å². The van der Waals surface area contributed by atoms with Gasteiger partial charge in [0.15, 0.2) is 0 Å². The molecule has 4 rings (SSSR count). The van der Waals surface area contributed by atoms with Crippen LogP contribution >= 0.6 is 0 Å². The van der Waals surface area contributed by atoms with Crippen molar-refractivity contribution in [3.05, 3.63) is 35.4 Å². The molecule has 5 heteroatoms. The molecule has 0 bridgehead atoms. The molecule has 0 aromatic heterocycles. The van der Waals surface area contributed by atoms with Crippen LogP contribution in [0.15, 0.2) is 24.3 Å². The fourth-order valence-corrected chi connectivity index (χ4v) is 5.04. The molecule has 1 aromatic rings. The molecule has 154 valence electrons. The maximum Gasteiger partial charge on any atom is 0.239 e. The minimum Gasteiger partial charge on any atom is -0.379 e. The van der Waals surface area contributed by atoms with Crippen molar-refractivity contribution in [1.82, 2.24) is 14.7 Å². The van der Waals surface area contributed by atoms with E-state index in [4.69, 9.17) is 4.74 Å². The second-order valence-corrected chi connectivity index (χ2v) is 8.80. The highest BCUT2D eigenvalue weighted by Crippen LogP contribution is 2.25. The van der Waals surface area contributed by atoms with E-state index in [1.807, 2.05) is 0 Å². The quantitative estimate of drug-likeness (QED) is 0.780. The van der Waals surface area contributed by atoms with Gasteiger partial charge in [0.1, 0.15) is 0 Å². The van der Waals surface area contributed by atoms with Crippen LogP contribution in [0.4, 0.5) is 0 Å². The third-order valence-electron chi connectivity index (χ3n) is 6.66. The molecule has 28 heavy (non-hydrogen) atoms. The van der Waals surface area contributed by atoms with Crippen molar-refractivity contribution in [3.63, 3.8) is 0 Å². The average molecular weight is 386 g/mol. The number of carbonyl (C=O) groups excluding carboxylic acids is 1. The van der Waals surface area contributed by atoms with Crippen LogP contribution in [0, 0.1) is 12.8 Å². The van der Waals surface area contributed by atoms with Crippen molar-refractivity contribution in [2.24, 2.45) is 5.92 Å². The zero-order valence-corrected chi connectivity index (χ0v) is 17.3. The largest absolute Gasteiger partial charge is 0.379 e. The molecule has 1 unspecified atom stereocenters. The Morgan fingerprint density at radius 1 is 1.07 bits per heavy atom. The summed E-state index contributed by atoms with van der Waals surface area (Å²) in [5, 5.41) is 0. The lowest BCUT2D eigenvalue weighted by molar-refractivity contribution is -0.137. The van der Waals surface area contributed by atoms with E-state index < -0.39 is 0 Å². The van der Waals surface area contributed by atoms with Crippen molar-refractivity contribution in [2.45, 2.75) is 45.2 Å². The van der Waals surface area contributed by atoms with Crippen LogP contribution in [0.25, 0.3) is 0 Å². The molecule has 1 amide bonds. The summed E-state index contributed by atoms with van der Waals surface area (Å²) in [6, 6.07) is 8.77. The molecule has 3 aliphatic rings. The molecule has 0 N–H and O–H groups in total. The smallest absolute Gasteiger partial charge is 0.239 e. The molecule has 3 aliphatic heterocycles. The lowest BCUT2D eigenvalue weighted by Gasteiger charge is -2.38. The number of ether oxygens (including phenoxy) is 1. The van der Waals surface area contributed by atoms with Crippen LogP contribution < -0.4 is 0 Å². The SMILES string of the molecule is Cc1cccc(CN2CCCC2C(=O)N2CCC(CN3CCOCC3)CC2)c1. The number of hydrogen-bond acceptors (Lipinski definition) is 4. The fraction of sp³-hybridized carbons (Fsp3) is 0.696. The van der Waals surface area contributed by atoms with Crippen LogP contribution in [0.1, 0.15) is 36.8 Å². The molecule has 1 atom stereocenters. The molecule has 3 heterocycles. The summed E-state index contributed by atoms with van der Waals surface area (Å²) in [4.78, 5) is 20.3. The first-order valence-electron chi connectivity index (χ1n) is 11.1. The monoisotopic (exact) mass is 385 g/mol. The van der Waals surface area contributed by atoms with Gasteiger partial charge in [0, 0.05) is 39.3 Å². The molecule has 1 aromatic carbocycles. The van der Waals surface area contributed by atoms with Crippen LogP contribution in [0.3, 0.4) is 0 Å². The summed E-state index contributed by atoms with van der Waals surface area (Å²) < 4.78 is 5.45. The Labute approximate surface area is 169 Å². The summed E-state index contributed by atoms with van der Waals surface area (Å²) >= 11 is 0. The highest BCUT2D eigenvalue weighted by molar-refractivity contribution is 5.82. The highest BCUT2D eigenvalue weighted by atomic mass is 16.5. The number of amides is 1. The topological polar surface area (TPSA) is 36.0 Å². The Kier molecular flexibility index (Phi) is 6.65. The zero-order valence-electron chi connectivity index (χ0n) is 17.3. The molecule has 0 saturated carbocycles. The highest BCUT2D eigenvalue weighted by Gasteiger charge is 2.35. The number of benzene rings is 1. The number of likely N-dealkylation sites (tertiary alicyclic amines) is 2. The van der Waals surface area contributed by atoms with Crippen molar-refractivity contribution >= 4 is 5.91 Å². The van der Waals surface area contributed by atoms with Gasteiger partial charge in [0.2, 0.25) is 5.91 Å². The zero-order chi connectivity index (χ0) is 19.3. The van der Waals surface area contributed by atoms with Crippen LogP contribution in [-0.2, 0) is 16.1 Å². The number of piperidine rings is 1. The molecule has 5 nitrogen and oxygen atoms in total. The van der Waals surface area contributed by atoms with Crippen LogP contribution in [0.2, 0.25) is 0 Å². The lowest BCUT2D eigenvalue weighted by Crippen LogP contribution is -2.49. The van der Waals surface area contributed by atoms with E-state index in [9.17, 15) is 4.79 Å². The third kappa shape index (κ3) is 4.94. The Hall–Kier alpha value is -1.43. The lowest BCUT2D eigenvalue weighted by atomic mass is 9.95. The maximum absolute atomic E-state index is 13.2. The minimum atomic E-state index is 0.0799. The predicted octanol–water partition coefficient (Wildman–Crippen LogP) is 2.53. The molecule has 0 radical (unpaired) electrons. The number of morpholine rings is 1. The Morgan fingerprint density at radius 3 is 2.61 bits per heavy atom. The standard InChI is InChI=1S/C23H35N3O2/c1-19-4-2-5-21(16-19)18-26-9-3-6-22(26)23(27)25-10-7-20(8-11-25)17-24-12-14-28-15-13-24/h2,4-5,16,20,22H,3,6-15,17-18H2,1H3. The van der Waals surface area contributed by atoms with Crippen LogP contribution in [-0.4, -0.2) is 79.1 Å². The second-order valence-electron chi connectivity index (χ2n) is 8.80. The average Bonchev–Trinajstić information content (AvgIpc) is 3.17. The van der Waals surface area contributed by atoms with Gasteiger partial charge in [-0.1, -0.05) is 29.8 Å². The van der Waals surface area contributed by atoms with Crippen LogP contribution in [0.5, 0.6) is 0 Å². The molecule has 3 saturated heterocycles. The summed E-state index contributed by atoms with van der Waals surface area (Å²) in [6.45, 7) is 11.0. The maximum atomic E-state index is 13.2. The van der Waals surface area contributed by atoms with Gasteiger partial charge in [0.05, 0.1) is 19.3 Å². The van der Waals surface area contributed by atoms with E-state index in [1.54, 1.807) is 0 Å². The van der Waals surface area contributed by atoms with Gasteiger partial charge in [-0.3, -0.25) is 14.6 Å². The number of nitrogens with zero attached hydrogens (tertiary/aromatic N) is 3. The first-order chi connectivity index (χ1) is 13.7. The third-order valence-corrected chi connectivity index (χ3v) is 6.66. The Balaban J connectivity index is 1.28. The minimum absolute atomic E-state index is 0.0799. The summed E-state index contributed by atoms with van der Waals surface area (Å²) in [5.74, 6) is 1.10. The first-order valence-corrected chi connectivity index (χ1v) is 11.1. The van der Waals surface area contributed by atoms with Gasteiger partial charge in [-0.2, -0.15) is 0 Å². The fourth-order valence-electron chi connectivity index (χ4n) is 5.04. The summed E-state index contributed by atoms with van der Waals surface area (Å²) in [6.07, 6.45) is 4.44. The number of aryl methyl sites for hydroxylation is 1. The van der Waals surface area contributed by atoms with Crippen molar-refractivity contribution in [2.75, 3.05) is 52.5 Å².